The van der Waals surface area contributed by atoms with E-state index in [9.17, 15) is 4.39 Å². The van der Waals surface area contributed by atoms with Gasteiger partial charge in [-0.1, -0.05) is 12.2 Å². The van der Waals surface area contributed by atoms with Crippen LogP contribution in [0.5, 0.6) is 0 Å². The maximum atomic E-state index is 14.2. The van der Waals surface area contributed by atoms with Crippen molar-refractivity contribution in [3.63, 3.8) is 0 Å². The summed E-state index contributed by atoms with van der Waals surface area (Å²) < 4.78 is 14.2. The van der Waals surface area contributed by atoms with Gasteiger partial charge in [-0.25, -0.2) is 4.39 Å². The summed E-state index contributed by atoms with van der Waals surface area (Å²) in [5.74, 6) is -0.296. The van der Waals surface area contributed by atoms with Crippen LogP contribution in [0.2, 0.25) is 0 Å². The topological polar surface area (TPSA) is 49.5 Å². The number of rotatable bonds is 4. The van der Waals surface area contributed by atoms with E-state index in [0.29, 0.717) is 17.7 Å². The molecule has 0 aliphatic carbocycles. The van der Waals surface area contributed by atoms with E-state index in [0.717, 1.165) is 25.8 Å². The first-order valence-corrected chi connectivity index (χ1v) is 7.01. The number of halogens is 1. The first kappa shape index (κ1) is 14.2. The van der Waals surface area contributed by atoms with Crippen LogP contribution in [0.4, 0.5) is 10.1 Å². The third-order valence-corrected chi connectivity index (χ3v) is 3.87. The molecular weight excluding hydrogens is 263 g/mol. The van der Waals surface area contributed by atoms with Crippen LogP contribution in [0.15, 0.2) is 18.2 Å². The SMILES string of the molecule is NC(=S)c1ccc(N2CCCCC2CCO)c(F)c1. The lowest BCUT2D eigenvalue weighted by Crippen LogP contribution is -2.40. The second-order valence-corrected chi connectivity index (χ2v) is 5.33. The Morgan fingerprint density at radius 3 is 2.89 bits per heavy atom. The molecule has 5 heteroatoms. The van der Waals surface area contributed by atoms with Crippen molar-refractivity contribution in [2.24, 2.45) is 5.73 Å². The monoisotopic (exact) mass is 282 g/mol. The first-order chi connectivity index (χ1) is 9.13. The molecule has 0 saturated carbocycles. The molecule has 19 heavy (non-hydrogen) atoms. The van der Waals surface area contributed by atoms with E-state index in [-0.39, 0.29) is 23.5 Å². The number of hydrogen-bond donors (Lipinski definition) is 2. The zero-order valence-electron chi connectivity index (χ0n) is 10.8. The highest BCUT2D eigenvalue weighted by atomic mass is 32.1. The van der Waals surface area contributed by atoms with Crippen molar-refractivity contribution in [2.75, 3.05) is 18.1 Å². The number of hydrogen-bond acceptors (Lipinski definition) is 3. The van der Waals surface area contributed by atoms with Crippen LogP contribution < -0.4 is 10.6 Å². The highest BCUT2D eigenvalue weighted by Gasteiger charge is 2.24. The van der Waals surface area contributed by atoms with Crippen molar-refractivity contribution in [3.8, 4) is 0 Å². The minimum Gasteiger partial charge on any atom is -0.396 e. The molecule has 3 N–H and O–H groups in total. The van der Waals surface area contributed by atoms with Gasteiger partial charge in [0.15, 0.2) is 0 Å². The second-order valence-electron chi connectivity index (χ2n) is 4.89. The van der Waals surface area contributed by atoms with Gasteiger partial charge in [0.25, 0.3) is 0 Å². The number of benzene rings is 1. The largest absolute Gasteiger partial charge is 0.396 e. The lowest BCUT2D eigenvalue weighted by molar-refractivity contribution is 0.262. The van der Waals surface area contributed by atoms with Crippen LogP contribution in [0.25, 0.3) is 0 Å². The predicted molar refractivity (Wildman–Crippen MR) is 79.0 cm³/mol. The number of anilines is 1. The highest BCUT2D eigenvalue weighted by Crippen LogP contribution is 2.29. The third kappa shape index (κ3) is 3.22. The number of piperidine rings is 1. The molecule has 0 spiro atoms. The Hall–Kier alpha value is -1.20. The zero-order valence-corrected chi connectivity index (χ0v) is 11.6. The molecule has 1 unspecified atom stereocenters. The molecule has 1 saturated heterocycles. The van der Waals surface area contributed by atoms with Crippen molar-refractivity contribution >= 4 is 22.9 Å². The van der Waals surface area contributed by atoms with Gasteiger partial charge in [-0.2, -0.15) is 0 Å². The molecule has 1 aliphatic heterocycles. The van der Waals surface area contributed by atoms with Crippen molar-refractivity contribution in [1.29, 1.82) is 0 Å². The Labute approximate surface area is 118 Å². The van der Waals surface area contributed by atoms with E-state index in [2.05, 4.69) is 4.90 Å². The van der Waals surface area contributed by atoms with E-state index in [1.807, 2.05) is 0 Å². The molecular formula is C14H19FN2OS. The van der Waals surface area contributed by atoms with Crippen LogP contribution in [0, 0.1) is 5.82 Å². The van der Waals surface area contributed by atoms with Crippen molar-refractivity contribution < 1.29 is 9.50 Å². The number of nitrogens with zero attached hydrogens (tertiary/aromatic N) is 1. The Morgan fingerprint density at radius 1 is 1.47 bits per heavy atom. The van der Waals surface area contributed by atoms with Gasteiger partial charge in [0.2, 0.25) is 0 Å². The first-order valence-electron chi connectivity index (χ1n) is 6.60. The van der Waals surface area contributed by atoms with Gasteiger partial charge in [-0.05, 0) is 43.9 Å². The highest BCUT2D eigenvalue weighted by molar-refractivity contribution is 7.80. The summed E-state index contributed by atoms with van der Waals surface area (Å²) in [5, 5.41) is 9.12. The van der Waals surface area contributed by atoms with Gasteiger partial charge in [0.1, 0.15) is 10.8 Å². The Balaban J connectivity index is 2.26. The summed E-state index contributed by atoms with van der Waals surface area (Å²) >= 11 is 4.85. The summed E-state index contributed by atoms with van der Waals surface area (Å²) in [5.41, 5.74) is 6.63. The maximum absolute atomic E-state index is 14.2. The van der Waals surface area contributed by atoms with Gasteiger partial charge < -0.3 is 15.7 Å². The maximum Gasteiger partial charge on any atom is 0.147 e. The fourth-order valence-electron chi connectivity index (χ4n) is 2.66. The quantitative estimate of drug-likeness (QED) is 0.831. The van der Waals surface area contributed by atoms with Gasteiger partial charge in [-0.3, -0.25) is 0 Å². The summed E-state index contributed by atoms with van der Waals surface area (Å²) in [7, 11) is 0. The summed E-state index contributed by atoms with van der Waals surface area (Å²) in [6.45, 7) is 0.960. The smallest absolute Gasteiger partial charge is 0.147 e. The molecule has 0 bridgehead atoms. The lowest BCUT2D eigenvalue weighted by atomic mass is 9.98. The Morgan fingerprint density at radius 2 is 2.26 bits per heavy atom. The van der Waals surface area contributed by atoms with E-state index < -0.39 is 0 Å². The lowest BCUT2D eigenvalue weighted by Gasteiger charge is -2.37. The molecule has 1 atom stereocenters. The van der Waals surface area contributed by atoms with E-state index >= 15 is 0 Å². The molecule has 104 valence electrons. The van der Waals surface area contributed by atoms with E-state index in [1.54, 1.807) is 12.1 Å². The van der Waals surface area contributed by atoms with Gasteiger partial charge in [0, 0.05) is 24.8 Å². The fourth-order valence-corrected chi connectivity index (χ4v) is 2.79. The number of nitrogens with two attached hydrogens (primary N) is 1. The van der Waals surface area contributed by atoms with Crippen molar-refractivity contribution in [1.82, 2.24) is 0 Å². The number of thiocarbonyl (C=S) groups is 1. The van der Waals surface area contributed by atoms with Crippen molar-refractivity contribution in [3.05, 3.63) is 29.6 Å². The van der Waals surface area contributed by atoms with Crippen LogP contribution >= 0.6 is 12.2 Å². The molecule has 0 radical (unpaired) electrons. The molecule has 0 amide bonds. The molecule has 1 aromatic carbocycles. The fraction of sp³-hybridized carbons (Fsp3) is 0.500. The van der Waals surface area contributed by atoms with Gasteiger partial charge in [0.05, 0.1) is 5.69 Å². The molecule has 2 rings (SSSR count). The molecule has 1 heterocycles. The van der Waals surface area contributed by atoms with Gasteiger partial charge in [-0.15, -0.1) is 0 Å². The zero-order chi connectivity index (χ0) is 13.8. The molecule has 1 aromatic rings. The minimum absolute atomic E-state index is 0.133. The summed E-state index contributed by atoms with van der Waals surface area (Å²) in [6, 6.07) is 5.09. The van der Waals surface area contributed by atoms with E-state index in [1.165, 1.54) is 6.07 Å². The second kappa shape index (κ2) is 6.30. The average Bonchev–Trinajstić information content (AvgIpc) is 2.40. The third-order valence-electron chi connectivity index (χ3n) is 3.63. The summed E-state index contributed by atoms with van der Waals surface area (Å²) in [4.78, 5) is 2.26. The van der Waals surface area contributed by atoms with Gasteiger partial charge >= 0.3 is 0 Å². The molecule has 1 aliphatic rings. The predicted octanol–water partition coefficient (Wildman–Crippen LogP) is 2.20. The number of aliphatic hydroxyl groups excluding tert-OH is 1. The molecule has 0 aromatic heterocycles. The van der Waals surface area contributed by atoms with Crippen LogP contribution in [0.3, 0.4) is 0 Å². The van der Waals surface area contributed by atoms with E-state index in [4.69, 9.17) is 23.1 Å². The summed E-state index contributed by atoms with van der Waals surface area (Å²) in [6.07, 6.45) is 3.86. The Kier molecular flexibility index (Phi) is 4.71. The van der Waals surface area contributed by atoms with Crippen molar-refractivity contribution in [2.45, 2.75) is 31.7 Å². The van der Waals surface area contributed by atoms with Crippen LogP contribution in [0.1, 0.15) is 31.2 Å². The van der Waals surface area contributed by atoms with Crippen LogP contribution in [-0.4, -0.2) is 29.3 Å². The number of aliphatic hydroxyl groups is 1. The molecule has 1 fully saturated rings. The minimum atomic E-state index is -0.296. The average molecular weight is 282 g/mol. The standard InChI is InChI=1S/C14H19FN2OS/c15-12-9-10(14(16)19)4-5-13(12)17-7-2-1-3-11(17)6-8-18/h4-5,9,11,18H,1-3,6-8H2,(H2,16,19). The Bertz CT molecular complexity index is 465. The molecule has 3 nitrogen and oxygen atoms in total. The normalized spacial score (nSPS) is 19.5. The van der Waals surface area contributed by atoms with Crippen LogP contribution in [-0.2, 0) is 0 Å².